The first kappa shape index (κ1) is 49.8. The lowest BCUT2D eigenvalue weighted by Crippen LogP contribution is -2.34. The number of rotatable bonds is 26. The van der Waals surface area contributed by atoms with Crippen molar-refractivity contribution in [3.63, 3.8) is 0 Å². The summed E-state index contributed by atoms with van der Waals surface area (Å²) in [5, 5.41) is 8.96. The van der Waals surface area contributed by atoms with Gasteiger partial charge in [-0.1, -0.05) is 65.3 Å². The second-order valence-electron chi connectivity index (χ2n) is 17.4. The third-order valence-electron chi connectivity index (χ3n) is 13.2. The minimum absolute atomic E-state index is 0.00450. The van der Waals surface area contributed by atoms with Gasteiger partial charge in [-0.15, -0.1) is 0 Å². The summed E-state index contributed by atoms with van der Waals surface area (Å²) in [5.41, 5.74) is 15.1. The maximum atomic E-state index is 14.1. The molecule has 0 saturated carbocycles. The van der Waals surface area contributed by atoms with Gasteiger partial charge in [0.25, 0.3) is 0 Å². The molecule has 0 amide bonds. The Bertz CT molecular complexity index is 2460. The van der Waals surface area contributed by atoms with Gasteiger partial charge < -0.3 is 47.9 Å². The summed E-state index contributed by atoms with van der Waals surface area (Å²) in [5.74, 6) is -0.0157. The van der Waals surface area contributed by atoms with Crippen molar-refractivity contribution >= 4 is 27.6 Å². The summed E-state index contributed by atoms with van der Waals surface area (Å²) in [6.07, 6.45) is 5.30. The first-order chi connectivity index (χ1) is 33.4. The molecule has 8 rings (SSSR count). The van der Waals surface area contributed by atoms with E-state index >= 15 is 0 Å². The Morgan fingerprint density at radius 3 is 1.94 bits per heavy atom. The number of aliphatic hydroxyl groups is 1. The van der Waals surface area contributed by atoms with Crippen LogP contribution in [0, 0.1) is 0 Å². The Kier molecular flexibility index (Phi) is 17.8. The average Bonchev–Trinajstić information content (AvgIpc) is 3.64. The summed E-state index contributed by atoms with van der Waals surface area (Å²) in [6.45, 7) is 11.5. The van der Waals surface area contributed by atoms with E-state index in [-0.39, 0.29) is 19.8 Å². The van der Waals surface area contributed by atoms with Crippen LogP contribution < -0.4 is 9.64 Å². The average molecular weight is 993 g/mol. The lowest BCUT2D eigenvalue weighted by molar-refractivity contribution is 0.00442. The third-order valence-corrected chi connectivity index (χ3v) is 13.7. The molecule has 1 atom stereocenters. The minimum Gasteiger partial charge on any atom is -0.490 e. The fraction of sp³-hybridized carbons (Fsp3) is 0.446. The molecule has 0 spiro atoms. The Hall–Kier alpha value is -4.63. The first-order valence-electron chi connectivity index (χ1n) is 24.3. The molecule has 3 aliphatic rings. The number of carbonyl (C=O) groups excluding carboxylic acids is 1. The van der Waals surface area contributed by atoms with Crippen LogP contribution in [0.1, 0.15) is 81.6 Å². The van der Waals surface area contributed by atoms with Crippen LogP contribution in [0.3, 0.4) is 0 Å². The highest BCUT2D eigenvalue weighted by molar-refractivity contribution is 9.10. The Balaban J connectivity index is 1.21. The third kappa shape index (κ3) is 11.0. The zero-order valence-electron chi connectivity index (χ0n) is 39.9. The van der Waals surface area contributed by atoms with Crippen molar-refractivity contribution in [1.29, 1.82) is 0 Å². The van der Waals surface area contributed by atoms with Gasteiger partial charge in [-0.2, -0.15) is 0 Å². The standard InChI is InChI=1S/C56H66BrNO10/c1-4-39-34-45(12-10-43(39)38-66-29-28-64-25-24-62-21-20-59)56(46-13-17-53(50(36-46)55(60)67-5-2)68-31-30-65-27-26-63-23-22-61-3)51-35-40(11-15-48(51)49-16-14-47(57)37-52(49)56)44-32-41-8-6-18-58-19-7-9-42(33-44)54(41)58/h10-17,32-37,59H,4-9,18-31,38H2,1-3H3. The van der Waals surface area contributed by atoms with Crippen LogP contribution in [0.2, 0.25) is 0 Å². The molecule has 11 nitrogen and oxygen atoms in total. The SMILES string of the molecule is CCOC(=O)c1cc(C2(c3ccc(COCCOCCOCCO)c(CC)c3)c3cc(Br)ccc3-c3ccc(-c4cc5c6c(c4)CCCN6CCC5)cc32)ccc1OCCOCCOCCOC. The van der Waals surface area contributed by atoms with Crippen LogP contribution in [-0.2, 0) is 64.4 Å². The molecule has 68 heavy (non-hydrogen) atoms. The van der Waals surface area contributed by atoms with Crippen LogP contribution in [0.4, 0.5) is 5.69 Å². The lowest BCUT2D eigenvalue weighted by Gasteiger charge is -2.37. The van der Waals surface area contributed by atoms with Crippen LogP contribution in [0.25, 0.3) is 22.3 Å². The number of aryl methyl sites for hydroxylation is 3. The van der Waals surface area contributed by atoms with Gasteiger partial charge in [0.05, 0.1) is 91.3 Å². The highest BCUT2D eigenvalue weighted by atomic mass is 79.9. The van der Waals surface area contributed by atoms with Gasteiger partial charge in [0.2, 0.25) is 0 Å². The number of aliphatic hydroxyl groups excluding tert-OH is 1. The molecule has 362 valence electrons. The molecule has 0 bridgehead atoms. The number of esters is 1. The van der Waals surface area contributed by atoms with E-state index in [4.69, 9.17) is 43.0 Å². The first-order valence-corrected chi connectivity index (χ1v) is 25.1. The predicted octanol–water partition coefficient (Wildman–Crippen LogP) is 9.52. The number of methoxy groups -OCH3 is 1. The predicted molar refractivity (Wildman–Crippen MR) is 268 cm³/mol. The maximum Gasteiger partial charge on any atom is 0.341 e. The van der Waals surface area contributed by atoms with E-state index in [1.54, 1.807) is 7.11 Å². The van der Waals surface area contributed by atoms with Crippen LogP contribution in [0.5, 0.6) is 5.75 Å². The molecule has 0 radical (unpaired) electrons. The van der Waals surface area contributed by atoms with Gasteiger partial charge >= 0.3 is 5.97 Å². The molecule has 5 aromatic carbocycles. The normalized spacial score (nSPS) is 15.8. The fourth-order valence-corrected chi connectivity index (χ4v) is 10.5. The molecule has 0 aromatic heterocycles. The summed E-state index contributed by atoms with van der Waals surface area (Å²) in [7, 11) is 1.65. The number of hydrogen-bond acceptors (Lipinski definition) is 11. The summed E-state index contributed by atoms with van der Waals surface area (Å²) < 4.78 is 46.6. The number of hydrogen-bond donors (Lipinski definition) is 1. The molecule has 2 aliphatic heterocycles. The molecular formula is C56H66BrNO10. The van der Waals surface area contributed by atoms with Crippen LogP contribution in [-0.4, -0.2) is 117 Å². The topological polar surface area (TPSA) is 114 Å². The fourth-order valence-electron chi connectivity index (χ4n) is 10.2. The second kappa shape index (κ2) is 24.3. The maximum absolute atomic E-state index is 14.1. The highest BCUT2D eigenvalue weighted by Crippen LogP contribution is 2.58. The van der Waals surface area contributed by atoms with Crippen molar-refractivity contribution < 1.29 is 47.8 Å². The van der Waals surface area contributed by atoms with Crippen molar-refractivity contribution in [1.82, 2.24) is 0 Å². The van der Waals surface area contributed by atoms with E-state index in [2.05, 4.69) is 101 Å². The van der Waals surface area contributed by atoms with E-state index < -0.39 is 11.4 Å². The van der Waals surface area contributed by atoms with E-state index in [1.165, 1.54) is 46.3 Å². The Morgan fingerprint density at radius 1 is 0.647 bits per heavy atom. The minimum atomic E-state index is -0.856. The van der Waals surface area contributed by atoms with Gasteiger partial charge in [-0.25, -0.2) is 4.79 Å². The number of carbonyl (C=O) groups is 1. The van der Waals surface area contributed by atoms with Crippen LogP contribution >= 0.6 is 15.9 Å². The zero-order chi connectivity index (χ0) is 47.3. The number of anilines is 1. The van der Waals surface area contributed by atoms with Crippen molar-refractivity contribution in [3.05, 3.63) is 139 Å². The molecular weight excluding hydrogens is 927 g/mol. The van der Waals surface area contributed by atoms with Gasteiger partial charge in [-0.3, -0.25) is 0 Å². The van der Waals surface area contributed by atoms with Gasteiger partial charge in [0.15, 0.2) is 0 Å². The number of nitrogens with zero attached hydrogens (tertiary/aromatic N) is 1. The zero-order valence-corrected chi connectivity index (χ0v) is 41.5. The number of benzene rings is 5. The molecule has 5 aromatic rings. The van der Waals surface area contributed by atoms with Gasteiger partial charge in [0.1, 0.15) is 17.9 Å². The molecule has 0 fully saturated rings. The van der Waals surface area contributed by atoms with E-state index in [9.17, 15) is 4.79 Å². The molecule has 2 heterocycles. The highest BCUT2D eigenvalue weighted by Gasteiger charge is 2.47. The quantitative estimate of drug-likeness (QED) is 0.0414. The Morgan fingerprint density at radius 2 is 1.26 bits per heavy atom. The summed E-state index contributed by atoms with van der Waals surface area (Å²) in [6, 6.07) is 31.2. The summed E-state index contributed by atoms with van der Waals surface area (Å²) >= 11 is 3.88. The molecule has 1 unspecified atom stereocenters. The van der Waals surface area contributed by atoms with Crippen molar-refractivity contribution in [2.45, 2.75) is 58.0 Å². The monoisotopic (exact) mass is 991 g/mol. The molecule has 1 aliphatic carbocycles. The second-order valence-corrected chi connectivity index (χ2v) is 18.3. The van der Waals surface area contributed by atoms with Crippen LogP contribution in [0.15, 0.2) is 89.4 Å². The number of ether oxygens (including phenoxy) is 8. The Labute approximate surface area is 410 Å². The van der Waals surface area contributed by atoms with E-state index in [0.29, 0.717) is 84.0 Å². The van der Waals surface area contributed by atoms with E-state index in [1.807, 2.05) is 19.1 Å². The molecule has 0 saturated heterocycles. The molecule has 12 heteroatoms. The van der Waals surface area contributed by atoms with Gasteiger partial charge in [0, 0.05) is 30.4 Å². The van der Waals surface area contributed by atoms with Gasteiger partial charge in [-0.05, 0) is 148 Å². The van der Waals surface area contributed by atoms with E-state index in [0.717, 1.165) is 75.8 Å². The number of fused-ring (bicyclic) bond motifs is 3. The lowest BCUT2D eigenvalue weighted by atomic mass is 9.66. The van der Waals surface area contributed by atoms with Crippen molar-refractivity contribution in [3.8, 4) is 28.0 Å². The summed E-state index contributed by atoms with van der Waals surface area (Å²) in [4.78, 5) is 16.7. The smallest absolute Gasteiger partial charge is 0.341 e. The van der Waals surface area contributed by atoms with Crippen molar-refractivity contribution in [2.24, 2.45) is 0 Å². The van der Waals surface area contributed by atoms with Crippen molar-refractivity contribution in [2.75, 3.05) is 111 Å². The largest absolute Gasteiger partial charge is 0.490 e. The number of halogens is 1. The molecule has 1 N–H and O–H groups in total.